The lowest BCUT2D eigenvalue weighted by atomic mass is 10.0. The van der Waals surface area contributed by atoms with Crippen molar-refractivity contribution >= 4 is 34.1 Å². The molecular formula is C21H22FN5O3S. The number of halogens is 1. The van der Waals surface area contributed by atoms with E-state index in [2.05, 4.69) is 26.1 Å². The van der Waals surface area contributed by atoms with Crippen LogP contribution >= 0.6 is 11.3 Å². The summed E-state index contributed by atoms with van der Waals surface area (Å²) in [6, 6.07) is 11.4. The van der Waals surface area contributed by atoms with E-state index in [1.807, 2.05) is 24.3 Å². The zero-order valence-electron chi connectivity index (χ0n) is 17.2. The third-order valence-electron chi connectivity index (χ3n) is 4.31. The zero-order chi connectivity index (χ0) is 22.4. The van der Waals surface area contributed by atoms with Gasteiger partial charge in [0.05, 0.1) is 7.11 Å². The molecule has 1 heterocycles. The van der Waals surface area contributed by atoms with Gasteiger partial charge in [-0.3, -0.25) is 10.1 Å². The fourth-order valence-corrected chi connectivity index (χ4v) is 3.47. The first-order valence-electron chi connectivity index (χ1n) is 9.47. The zero-order valence-corrected chi connectivity index (χ0v) is 18.0. The van der Waals surface area contributed by atoms with Crippen LogP contribution in [0.1, 0.15) is 13.8 Å². The smallest absolute Gasteiger partial charge is 0.319 e. The summed E-state index contributed by atoms with van der Waals surface area (Å²) in [6.07, 6.45) is 0. The van der Waals surface area contributed by atoms with Crippen LogP contribution in [0, 0.1) is 11.7 Å². The van der Waals surface area contributed by atoms with Crippen molar-refractivity contribution in [3.05, 3.63) is 54.3 Å². The number of urea groups is 1. The Morgan fingerprint density at radius 3 is 2.45 bits per heavy atom. The van der Waals surface area contributed by atoms with Crippen molar-refractivity contribution in [3.63, 3.8) is 0 Å². The van der Waals surface area contributed by atoms with Crippen LogP contribution in [0.4, 0.5) is 20.0 Å². The molecule has 0 radical (unpaired) electrons. The van der Waals surface area contributed by atoms with Crippen LogP contribution in [0.5, 0.6) is 5.75 Å². The lowest BCUT2D eigenvalue weighted by molar-refractivity contribution is -0.118. The summed E-state index contributed by atoms with van der Waals surface area (Å²) in [4.78, 5) is 25.0. The first-order chi connectivity index (χ1) is 14.9. The Hall–Kier alpha value is -3.53. The van der Waals surface area contributed by atoms with Gasteiger partial charge >= 0.3 is 6.03 Å². The number of ether oxygens (including phenoxy) is 1. The Balaban J connectivity index is 1.63. The summed E-state index contributed by atoms with van der Waals surface area (Å²) in [5.41, 5.74) is 1.13. The molecule has 1 aromatic heterocycles. The number of amides is 3. The molecule has 0 bridgehead atoms. The van der Waals surface area contributed by atoms with Crippen molar-refractivity contribution in [1.29, 1.82) is 0 Å². The van der Waals surface area contributed by atoms with Crippen LogP contribution in [0.3, 0.4) is 0 Å². The van der Waals surface area contributed by atoms with Gasteiger partial charge < -0.3 is 15.4 Å². The molecule has 0 aliphatic heterocycles. The van der Waals surface area contributed by atoms with Gasteiger partial charge in [-0.1, -0.05) is 31.3 Å². The highest BCUT2D eigenvalue weighted by atomic mass is 32.1. The van der Waals surface area contributed by atoms with E-state index in [-0.39, 0.29) is 11.6 Å². The Morgan fingerprint density at radius 1 is 1.06 bits per heavy atom. The lowest BCUT2D eigenvalue weighted by Crippen LogP contribution is -2.48. The van der Waals surface area contributed by atoms with Gasteiger partial charge in [0.15, 0.2) is 0 Å². The minimum atomic E-state index is -0.832. The number of rotatable bonds is 7. The summed E-state index contributed by atoms with van der Waals surface area (Å²) >= 11 is 1.22. The first kappa shape index (κ1) is 22.2. The van der Waals surface area contributed by atoms with Crippen LogP contribution in [0.2, 0.25) is 0 Å². The van der Waals surface area contributed by atoms with E-state index < -0.39 is 23.8 Å². The van der Waals surface area contributed by atoms with E-state index in [4.69, 9.17) is 4.74 Å². The predicted molar refractivity (Wildman–Crippen MR) is 118 cm³/mol. The molecule has 1 atom stereocenters. The number of methoxy groups -OCH3 is 1. The number of carbonyl (C=O) groups is 2. The van der Waals surface area contributed by atoms with Crippen molar-refractivity contribution in [3.8, 4) is 16.3 Å². The molecule has 162 valence electrons. The minimum Gasteiger partial charge on any atom is -0.497 e. The highest BCUT2D eigenvalue weighted by Gasteiger charge is 2.25. The molecule has 0 saturated carbocycles. The van der Waals surface area contributed by atoms with Crippen molar-refractivity contribution < 1.29 is 18.7 Å². The molecule has 0 aliphatic rings. The number of nitrogens with zero attached hydrogens (tertiary/aromatic N) is 2. The summed E-state index contributed by atoms with van der Waals surface area (Å²) < 4.78 is 18.4. The second-order valence-corrected chi connectivity index (χ2v) is 7.94. The topological polar surface area (TPSA) is 105 Å². The number of carbonyl (C=O) groups excluding carboxylic acids is 2. The number of hydrogen-bond acceptors (Lipinski definition) is 6. The molecule has 3 N–H and O–H groups in total. The molecule has 0 aliphatic carbocycles. The van der Waals surface area contributed by atoms with Gasteiger partial charge in [0.2, 0.25) is 11.0 Å². The third kappa shape index (κ3) is 5.98. The number of nitrogens with one attached hydrogen (secondary N) is 3. The van der Waals surface area contributed by atoms with Gasteiger partial charge in [-0.25, -0.2) is 9.18 Å². The SMILES string of the molecule is COc1ccc(-c2nnc(NC(=O)C(NC(=O)Nc3cccc(F)c3)C(C)C)s2)cc1. The standard InChI is InChI=1S/C21H22FN5O3S/c1-12(2)17(24-20(29)23-15-6-4-5-14(22)11-15)18(28)25-21-27-26-19(31-21)13-7-9-16(30-3)10-8-13/h4-12,17H,1-3H3,(H2,23,24,29)(H,25,27,28). The average molecular weight is 444 g/mol. The average Bonchev–Trinajstić information content (AvgIpc) is 3.20. The van der Waals surface area contributed by atoms with Gasteiger partial charge in [0.25, 0.3) is 0 Å². The van der Waals surface area contributed by atoms with E-state index >= 15 is 0 Å². The Morgan fingerprint density at radius 2 is 1.81 bits per heavy atom. The molecule has 10 heteroatoms. The minimum absolute atomic E-state index is 0.202. The highest BCUT2D eigenvalue weighted by Crippen LogP contribution is 2.28. The third-order valence-corrected chi connectivity index (χ3v) is 5.20. The van der Waals surface area contributed by atoms with Gasteiger partial charge in [0.1, 0.15) is 22.6 Å². The van der Waals surface area contributed by atoms with Crippen LogP contribution in [0.15, 0.2) is 48.5 Å². The van der Waals surface area contributed by atoms with Gasteiger partial charge in [-0.05, 0) is 48.4 Å². The maximum Gasteiger partial charge on any atom is 0.319 e. The highest BCUT2D eigenvalue weighted by molar-refractivity contribution is 7.18. The van der Waals surface area contributed by atoms with Crippen LogP contribution in [-0.2, 0) is 4.79 Å². The molecular weight excluding hydrogens is 421 g/mol. The summed E-state index contributed by atoms with van der Waals surface area (Å²) in [5, 5.41) is 16.9. The van der Waals surface area contributed by atoms with Crippen LogP contribution in [-0.4, -0.2) is 35.3 Å². The predicted octanol–water partition coefficient (Wildman–Crippen LogP) is 4.14. The molecule has 2 aromatic carbocycles. The molecule has 1 unspecified atom stereocenters. The van der Waals surface area contributed by atoms with Crippen LogP contribution in [0.25, 0.3) is 10.6 Å². The normalized spacial score (nSPS) is 11.6. The molecule has 31 heavy (non-hydrogen) atoms. The maximum absolute atomic E-state index is 13.3. The molecule has 8 nitrogen and oxygen atoms in total. The summed E-state index contributed by atoms with van der Waals surface area (Å²) in [6.45, 7) is 3.60. The van der Waals surface area contributed by atoms with Crippen molar-refractivity contribution in [2.45, 2.75) is 19.9 Å². The van der Waals surface area contributed by atoms with E-state index in [1.54, 1.807) is 27.0 Å². The number of aromatic nitrogens is 2. The van der Waals surface area contributed by atoms with Crippen LogP contribution < -0.4 is 20.7 Å². The van der Waals surface area contributed by atoms with Crippen molar-refractivity contribution in [2.75, 3.05) is 17.7 Å². The fraction of sp³-hybridized carbons (Fsp3) is 0.238. The van der Waals surface area contributed by atoms with Gasteiger partial charge in [-0.15, -0.1) is 10.2 Å². The van der Waals surface area contributed by atoms with Crippen molar-refractivity contribution in [2.24, 2.45) is 5.92 Å². The number of benzene rings is 2. The summed E-state index contributed by atoms with van der Waals surface area (Å²) in [5.74, 6) is -0.377. The van der Waals surface area contributed by atoms with Gasteiger partial charge in [0, 0.05) is 11.3 Å². The quantitative estimate of drug-likeness (QED) is 0.509. The largest absolute Gasteiger partial charge is 0.497 e. The first-order valence-corrected chi connectivity index (χ1v) is 10.3. The second kappa shape index (κ2) is 9.98. The molecule has 0 fully saturated rings. The Bertz CT molecular complexity index is 1060. The fourth-order valence-electron chi connectivity index (χ4n) is 2.72. The van der Waals surface area contributed by atoms with Gasteiger partial charge in [-0.2, -0.15) is 0 Å². The lowest BCUT2D eigenvalue weighted by Gasteiger charge is -2.21. The molecule has 3 amide bonds. The Labute approximate surface area is 182 Å². The molecule has 0 saturated heterocycles. The molecule has 3 aromatic rings. The molecule has 3 rings (SSSR count). The monoisotopic (exact) mass is 443 g/mol. The summed E-state index contributed by atoms with van der Waals surface area (Å²) in [7, 11) is 1.59. The van der Waals surface area contributed by atoms with E-state index in [1.165, 1.54) is 29.5 Å². The van der Waals surface area contributed by atoms with E-state index in [0.717, 1.165) is 11.3 Å². The molecule has 0 spiro atoms. The maximum atomic E-state index is 13.3. The number of hydrogen-bond donors (Lipinski definition) is 3. The Kier molecular flexibility index (Phi) is 7.14. The van der Waals surface area contributed by atoms with Crippen molar-refractivity contribution in [1.82, 2.24) is 15.5 Å². The van der Waals surface area contributed by atoms with E-state index in [9.17, 15) is 14.0 Å². The van der Waals surface area contributed by atoms with E-state index in [0.29, 0.717) is 10.1 Å². The second-order valence-electron chi connectivity index (χ2n) is 6.96. The number of anilines is 2.